The van der Waals surface area contributed by atoms with E-state index in [0.29, 0.717) is 0 Å². The molecule has 1 heteroatoms. The number of fused-ring (bicyclic) bond motifs is 7. The van der Waals surface area contributed by atoms with Crippen LogP contribution in [0.3, 0.4) is 0 Å². The maximum absolute atomic E-state index is 11.7. The van der Waals surface area contributed by atoms with E-state index in [0.717, 1.165) is 11.1 Å². The Kier molecular flexibility index (Phi) is 3.75. The van der Waals surface area contributed by atoms with Crippen LogP contribution in [0.2, 0.25) is 0 Å². The second-order valence-corrected chi connectivity index (χ2v) is 10.1. The lowest BCUT2D eigenvalue weighted by atomic mass is 9.81. The molecule has 0 amide bonds. The van der Waals surface area contributed by atoms with Crippen molar-refractivity contribution in [1.29, 1.82) is 0 Å². The average molecular weight is 437 g/mol. The molecule has 0 N–H and O–H groups in total. The highest BCUT2D eigenvalue weighted by Gasteiger charge is 2.39. The molecule has 5 aromatic carbocycles. The van der Waals surface area contributed by atoms with Crippen molar-refractivity contribution < 1.29 is 4.79 Å². The van der Waals surface area contributed by atoms with Crippen LogP contribution in [0.1, 0.15) is 42.3 Å². The fourth-order valence-corrected chi connectivity index (χ4v) is 6.18. The Morgan fingerprint density at radius 1 is 0.618 bits per heavy atom. The number of ketones is 1. The molecule has 0 saturated heterocycles. The van der Waals surface area contributed by atoms with Gasteiger partial charge in [0, 0.05) is 11.0 Å². The van der Waals surface area contributed by atoms with Gasteiger partial charge < -0.3 is 0 Å². The smallest absolute Gasteiger partial charge is 0.159 e. The molecule has 7 rings (SSSR count). The molecule has 0 spiro atoms. The van der Waals surface area contributed by atoms with E-state index in [1.165, 1.54) is 60.8 Å². The molecule has 5 aromatic rings. The third-order valence-electron chi connectivity index (χ3n) is 7.93. The highest BCUT2D eigenvalue weighted by atomic mass is 16.1. The third kappa shape index (κ3) is 2.42. The van der Waals surface area contributed by atoms with Crippen LogP contribution in [0.4, 0.5) is 0 Å². The molecular weight excluding hydrogens is 412 g/mol. The van der Waals surface area contributed by atoms with Crippen molar-refractivity contribution in [1.82, 2.24) is 0 Å². The Bertz CT molecular complexity index is 1680. The van der Waals surface area contributed by atoms with E-state index in [2.05, 4.69) is 92.7 Å². The molecule has 0 aromatic heterocycles. The molecule has 2 aliphatic rings. The normalized spacial score (nSPS) is 14.1. The molecule has 0 fully saturated rings. The van der Waals surface area contributed by atoms with Gasteiger partial charge >= 0.3 is 0 Å². The summed E-state index contributed by atoms with van der Waals surface area (Å²) in [6, 6.07) is 32.9. The van der Waals surface area contributed by atoms with Gasteiger partial charge in [-0.15, -0.1) is 0 Å². The van der Waals surface area contributed by atoms with Gasteiger partial charge in [-0.1, -0.05) is 98.8 Å². The minimum Gasteiger partial charge on any atom is -0.295 e. The van der Waals surface area contributed by atoms with Crippen LogP contribution >= 0.6 is 0 Å². The summed E-state index contributed by atoms with van der Waals surface area (Å²) in [6.45, 7) is 6.30. The first-order chi connectivity index (χ1) is 16.4. The summed E-state index contributed by atoms with van der Waals surface area (Å²) in [5.41, 5.74) is 13.9. The number of rotatable bonds is 2. The van der Waals surface area contributed by atoms with Crippen molar-refractivity contribution >= 4 is 16.6 Å². The Labute approximate surface area is 199 Å². The van der Waals surface area contributed by atoms with Gasteiger partial charge in [0.25, 0.3) is 0 Å². The SMILES string of the molecule is CC(=O)c1ccc(-c2ccc3c(c2)C(C)(C)c2ccc4c(c2-3)-c2cccc3cccc-4c23)cc1. The van der Waals surface area contributed by atoms with E-state index in [1.54, 1.807) is 6.92 Å². The maximum atomic E-state index is 11.7. The summed E-state index contributed by atoms with van der Waals surface area (Å²) in [6.07, 6.45) is 0. The third-order valence-corrected chi connectivity index (χ3v) is 7.93. The lowest BCUT2D eigenvalue weighted by Crippen LogP contribution is -2.15. The van der Waals surface area contributed by atoms with Crippen LogP contribution in [0.25, 0.3) is 55.3 Å². The lowest BCUT2D eigenvalue weighted by molar-refractivity contribution is 0.101. The van der Waals surface area contributed by atoms with Crippen molar-refractivity contribution in [3.8, 4) is 44.5 Å². The van der Waals surface area contributed by atoms with Crippen molar-refractivity contribution in [2.24, 2.45) is 0 Å². The van der Waals surface area contributed by atoms with E-state index in [-0.39, 0.29) is 11.2 Å². The summed E-state index contributed by atoms with van der Waals surface area (Å²) >= 11 is 0. The molecule has 0 bridgehead atoms. The monoisotopic (exact) mass is 436 g/mol. The number of hydrogen-bond donors (Lipinski definition) is 0. The minimum absolute atomic E-state index is 0.0856. The molecule has 1 nitrogen and oxygen atoms in total. The van der Waals surface area contributed by atoms with Gasteiger partial charge in [-0.05, 0) is 79.4 Å². The first-order valence-electron chi connectivity index (χ1n) is 11.9. The van der Waals surface area contributed by atoms with Crippen molar-refractivity contribution in [3.63, 3.8) is 0 Å². The van der Waals surface area contributed by atoms with Crippen LogP contribution in [-0.2, 0) is 5.41 Å². The zero-order valence-corrected chi connectivity index (χ0v) is 19.6. The van der Waals surface area contributed by atoms with Gasteiger partial charge in [0.1, 0.15) is 0 Å². The molecule has 0 heterocycles. The maximum Gasteiger partial charge on any atom is 0.159 e. The molecule has 0 radical (unpaired) electrons. The molecule has 0 atom stereocenters. The molecule has 0 aliphatic heterocycles. The predicted octanol–water partition coefficient (Wildman–Crippen LogP) is 8.66. The first kappa shape index (κ1) is 19.5. The second-order valence-electron chi connectivity index (χ2n) is 10.1. The van der Waals surface area contributed by atoms with E-state index in [9.17, 15) is 4.79 Å². The molecule has 0 unspecified atom stereocenters. The standard InChI is InChI=1S/C33H24O/c1-19(34)20-10-12-21(13-11-20)23-14-15-26-29(18-23)33(2,3)28-17-16-25-24-8-4-6-22-7-5-9-27(30(22)24)31(25)32(26)28/h4-18H,1-3H3. The zero-order chi connectivity index (χ0) is 23.2. The molecule has 162 valence electrons. The van der Waals surface area contributed by atoms with Crippen LogP contribution in [0.5, 0.6) is 0 Å². The molecule has 0 saturated carbocycles. The predicted molar refractivity (Wildman–Crippen MR) is 141 cm³/mol. The number of Topliss-reactive ketones (excluding diaryl/α,β-unsaturated/α-hetero) is 1. The number of carbonyl (C=O) groups is 1. The molecule has 2 aliphatic carbocycles. The summed E-state index contributed by atoms with van der Waals surface area (Å²) in [4.78, 5) is 11.7. The van der Waals surface area contributed by atoms with Gasteiger partial charge in [-0.2, -0.15) is 0 Å². The van der Waals surface area contributed by atoms with Gasteiger partial charge in [0.2, 0.25) is 0 Å². The van der Waals surface area contributed by atoms with Crippen LogP contribution < -0.4 is 0 Å². The van der Waals surface area contributed by atoms with Crippen molar-refractivity contribution in [3.05, 3.63) is 108 Å². The minimum atomic E-state index is -0.0856. The Hall–Kier alpha value is -3.97. The first-order valence-corrected chi connectivity index (χ1v) is 11.9. The van der Waals surface area contributed by atoms with E-state index < -0.39 is 0 Å². The van der Waals surface area contributed by atoms with Gasteiger partial charge in [0.05, 0.1) is 0 Å². The molecule has 34 heavy (non-hydrogen) atoms. The average Bonchev–Trinajstić information content (AvgIpc) is 3.30. The van der Waals surface area contributed by atoms with Crippen molar-refractivity contribution in [2.45, 2.75) is 26.2 Å². The van der Waals surface area contributed by atoms with Crippen LogP contribution in [0.15, 0.2) is 91.0 Å². The fourth-order valence-electron chi connectivity index (χ4n) is 6.18. The second kappa shape index (κ2) is 6.55. The number of carbonyl (C=O) groups excluding carboxylic acids is 1. The van der Waals surface area contributed by atoms with Gasteiger partial charge in [0.15, 0.2) is 5.78 Å². The Morgan fingerprint density at radius 3 is 2.03 bits per heavy atom. The highest BCUT2D eigenvalue weighted by Crippen LogP contribution is 2.58. The summed E-state index contributed by atoms with van der Waals surface area (Å²) in [5, 5.41) is 2.68. The number of hydrogen-bond acceptors (Lipinski definition) is 1. The van der Waals surface area contributed by atoms with E-state index in [4.69, 9.17) is 0 Å². The topological polar surface area (TPSA) is 17.1 Å². The van der Waals surface area contributed by atoms with E-state index >= 15 is 0 Å². The van der Waals surface area contributed by atoms with Gasteiger partial charge in [-0.3, -0.25) is 4.79 Å². The largest absolute Gasteiger partial charge is 0.295 e. The lowest BCUT2D eigenvalue weighted by Gasteiger charge is -2.22. The Morgan fingerprint density at radius 2 is 1.29 bits per heavy atom. The van der Waals surface area contributed by atoms with Gasteiger partial charge in [-0.25, -0.2) is 0 Å². The van der Waals surface area contributed by atoms with Crippen LogP contribution in [0, 0.1) is 0 Å². The summed E-state index contributed by atoms with van der Waals surface area (Å²) in [7, 11) is 0. The fraction of sp³-hybridized carbons (Fsp3) is 0.121. The Balaban J connectivity index is 1.46. The molecular formula is C33H24O. The van der Waals surface area contributed by atoms with Crippen LogP contribution in [-0.4, -0.2) is 5.78 Å². The quantitative estimate of drug-likeness (QED) is 0.248. The van der Waals surface area contributed by atoms with Crippen molar-refractivity contribution in [2.75, 3.05) is 0 Å². The zero-order valence-electron chi connectivity index (χ0n) is 19.6. The highest BCUT2D eigenvalue weighted by molar-refractivity contribution is 6.19. The summed E-state index contributed by atoms with van der Waals surface area (Å²) < 4.78 is 0. The summed E-state index contributed by atoms with van der Waals surface area (Å²) in [5.74, 6) is 0.0990. The van der Waals surface area contributed by atoms with E-state index in [1.807, 2.05) is 12.1 Å². The number of benzene rings is 5.